The highest BCUT2D eigenvalue weighted by molar-refractivity contribution is 7.10. The zero-order chi connectivity index (χ0) is 8.39. The Labute approximate surface area is 74.9 Å². The molecule has 0 radical (unpaired) electrons. The summed E-state index contributed by atoms with van der Waals surface area (Å²) >= 11 is 1.68. The molecule has 0 spiro atoms. The molecule has 1 aromatic heterocycles. The molecular formula is C9H9NOS. The molecule has 0 aromatic carbocycles. The lowest BCUT2D eigenvalue weighted by Crippen LogP contribution is -2.21. The summed E-state index contributed by atoms with van der Waals surface area (Å²) in [6, 6.07) is 4.25. The van der Waals surface area contributed by atoms with E-state index in [0.29, 0.717) is 6.42 Å². The van der Waals surface area contributed by atoms with Crippen molar-refractivity contribution >= 4 is 17.1 Å². The van der Waals surface area contributed by atoms with Gasteiger partial charge in [0.15, 0.2) is 5.78 Å². The minimum absolute atomic E-state index is 0.197. The zero-order valence-electron chi connectivity index (χ0n) is 6.49. The first-order chi connectivity index (χ1) is 5.86. The van der Waals surface area contributed by atoms with E-state index in [4.69, 9.17) is 0 Å². The summed E-state index contributed by atoms with van der Waals surface area (Å²) in [4.78, 5) is 12.3. The second-order valence-electron chi connectivity index (χ2n) is 2.74. The highest BCUT2D eigenvalue weighted by atomic mass is 32.1. The van der Waals surface area contributed by atoms with Gasteiger partial charge in [-0.15, -0.1) is 11.3 Å². The van der Waals surface area contributed by atoms with Gasteiger partial charge in [-0.1, -0.05) is 6.07 Å². The van der Waals surface area contributed by atoms with E-state index in [0.717, 1.165) is 0 Å². The summed E-state index contributed by atoms with van der Waals surface area (Å²) in [5, 5.41) is 5.19. The van der Waals surface area contributed by atoms with Crippen molar-refractivity contribution in [2.24, 2.45) is 0 Å². The van der Waals surface area contributed by atoms with Crippen LogP contribution < -0.4 is 5.32 Å². The first kappa shape index (κ1) is 7.55. The molecule has 0 bridgehead atoms. The number of thiophene rings is 1. The molecular weight excluding hydrogens is 170 g/mol. The van der Waals surface area contributed by atoms with Gasteiger partial charge >= 0.3 is 0 Å². The summed E-state index contributed by atoms with van der Waals surface area (Å²) in [6.07, 6.45) is 3.90. The highest BCUT2D eigenvalue weighted by Crippen LogP contribution is 2.23. The van der Waals surface area contributed by atoms with Crippen molar-refractivity contribution in [3.8, 4) is 0 Å². The smallest absolute Gasteiger partial charge is 0.159 e. The van der Waals surface area contributed by atoms with Crippen molar-refractivity contribution < 1.29 is 4.79 Å². The first-order valence-corrected chi connectivity index (χ1v) is 4.73. The fourth-order valence-electron chi connectivity index (χ4n) is 1.26. The Hall–Kier alpha value is -1.09. The van der Waals surface area contributed by atoms with Crippen LogP contribution in [0.15, 0.2) is 29.8 Å². The van der Waals surface area contributed by atoms with Gasteiger partial charge in [0.1, 0.15) is 0 Å². The molecule has 62 valence electrons. The van der Waals surface area contributed by atoms with E-state index in [1.807, 2.05) is 11.4 Å². The molecule has 1 N–H and O–H groups in total. The predicted molar refractivity (Wildman–Crippen MR) is 49.0 cm³/mol. The van der Waals surface area contributed by atoms with Crippen LogP contribution in [-0.4, -0.2) is 5.78 Å². The zero-order valence-corrected chi connectivity index (χ0v) is 7.30. The normalized spacial score (nSPS) is 22.3. The number of hydrogen-bond donors (Lipinski definition) is 1. The largest absolute Gasteiger partial charge is 0.383 e. The number of nitrogens with one attached hydrogen (secondary N) is 1. The third kappa shape index (κ3) is 1.41. The third-order valence-electron chi connectivity index (χ3n) is 1.86. The number of carbonyl (C=O) groups is 1. The molecule has 1 aliphatic rings. The molecule has 0 saturated heterocycles. The molecule has 1 unspecified atom stereocenters. The lowest BCUT2D eigenvalue weighted by molar-refractivity contribution is -0.115. The van der Waals surface area contributed by atoms with E-state index in [9.17, 15) is 4.79 Å². The lowest BCUT2D eigenvalue weighted by Gasteiger charge is -2.17. The van der Waals surface area contributed by atoms with Crippen LogP contribution in [0.4, 0.5) is 0 Å². The molecule has 1 atom stereocenters. The summed E-state index contributed by atoms with van der Waals surface area (Å²) < 4.78 is 0. The quantitative estimate of drug-likeness (QED) is 0.713. The van der Waals surface area contributed by atoms with Crippen molar-refractivity contribution in [3.05, 3.63) is 34.7 Å². The fourth-order valence-corrected chi connectivity index (χ4v) is 2.04. The standard InChI is InChI=1S/C9H9NOS/c11-7-3-4-10-8(6-7)9-2-1-5-12-9/h1-5,8,10H,6H2. The number of rotatable bonds is 1. The van der Waals surface area contributed by atoms with Crippen LogP contribution in [0.1, 0.15) is 17.3 Å². The van der Waals surface area contributed by atoms with Crippen molar-refractivity contribution in [1.29, 1.82) is 0 Å². The predicted octanol–water partition coefficient (Wildman–Crippen LogP) is 1.87. The molecule has 12 heavy (non-hydrogen) atoms. The van der Waals surface area contributed by atoms with Gasteiger partial charge in [0.25, 0.3) is 0 Å². The number of hydrogen-bond acceptors (Lipinski definition) is 3. The van der Waals surface area contributed by atoms with Gasteiger partial charge in [-0.05, 0) is 17.5 Å². The summed E-state index contributed by atoms with van der Waals surface area (Å²) in [5.74, 6) is 0.201. The SMILES string of the molecule is O=C1C=CNC(c2cccs2)C1. The number of allylic oxidation sites excluding steroid dienone is 1. The third-order valence-corrected chi connectivity index (χ3v) is 2.84. The van der Waals surface area contributed by atoms with Crippen molar-refractivity contribution in [3.63, 3.8) is 0 Å². The summed E-state index contributed by atoms with van der Waals surface area (Å²) in [6.45, 7) is 0. The highest BCUT2D eigenvalue weighted by Gasteiger charge is 2.16. The monoisotopic (exact) mass is 179 g/mol. The molecule has 1 aromatic rings. The molecule has 2 nitrogen and oxygen atoms in total. The van der Waals surface area contributed by atoms with Crippen LogP contribution in [0, 0.1) is 0 Å². The Morgan fingerprint density at radius 2 is 2.50 bits per heavy atom. The van der Waals surface area contributed by atoms with E-state index in [1.165, 1.54) is 4.88 Å². The van der Waals surface area contributed by atoms with Crippen LogP contribution in [0.2, 0.25) is 0 Å². The topological polar surface area (TPSA) is 29.1 Å². The van der Waals surface area contributed by atoms with Crippen molar-refractivity contribution in [1.82, 2.24) is 5.32 Å². The van der Waals surface area contributed by atoms with Crippen molar-refractivity contribution in [2.75, 3.05) is 0 Å². The van der Waals surface area contributed by atoms with E-state index in [1.54, 1.807) is 23.6 Å². The summed E-state index contributed by atoms with van der Waals surface area (Å²) in [5.41, 5.74) is 0. The van der Waals surface area contributed by atoms with Crippen molar-refractivity contribution in [2.45, 2.75) is 12.5 Å². The average Bonchev–Trinajstić information content (AvgIpc) is 2.56. The molecule has 2 heterocycles. The summed E-state index contributed by atoms with van der Waals surface area (Å²) in [7, 11) is 0. The van der Waals surface area contributed by atoms with Crippen LogP contribution in [0.25, 0.3) is 0 Å². The second-order valence-corrected chi connectivity index (χ2v) is 3.72. The molecule has 1 aliphatic heterocycles. The van der Waals surface area contributed by atoms with Crippen LogP contribution >= 0.6 is 11.3 Å². The Kier molecular flexibility index (Phi) is 1.96. The Morgan fingerprint density at radius 1 is 1.58 bits per heavy atom. The van der Waals surface area contributed by atoms with E-state index >= 15 is 0 Å². The van der Waals surface area contributed by atoms with Gasteiger partial charge in [0, 0.05) is 17.5 Å². The van der Waals surface area contributed by atoms with E-state index < -0.39 is 0 Å². The van der Waals surface area contributed by atoms with Crippen LogP contribution in [-0.2, 0) is 4.79 Å². The molecule has 2 rings (SSSR count). The Bertz CT molecular complexity index is 302. The minimum Gasteiger partial charge on any atom is -0.383 e. The van der Waals surface area contributed by atoms with Gasteiger partial charge in [-0.3, -0.25) is 4.79 Å². The maximum Gasteiger partial charge on any atom is 0.159 e. The maximum atomic E-state index is 11.0. The molecule has 0 saturated carbocycles. The molecule has 0 aliphatic carbocycles. The minimum atomic E-state index is 0.197. The van der Waals surface area contributed by atoms with Crippen LogP contribution in [0.3, 0.4) is 0 Å². The second kappa shape index (κ2) is 3.11. The molecule has 0 fully saturated rings. The number of carbonyl (C=O) groups excluding carboxylic acids is 1. The number of ketones is 1. The van der Waals surface area contributed by atoms with Gasteiger partial charge in [0.05, 0.1) is 6.04 Å². The van der Waals surface area contributed by atoms with E-state index in [2.05, 4.69) is 11.4 Å². The Balaban J connectivity index is 2.17. The fraction of sp³-hybridized carbons (Fsp3) is 0.222. The van der Waals surface area contributed by atoms with E-state index in [-0.39, 0.29) is 11.8 Å². The van der Waals surface area contributed by atoms with Gasteiger partial charge < -0.3 is 5.32 Å². The molecule has 0 amide bonds. The van der Waals surface area contributed by atoms with Gasteiger partial charge in [-0.25, -0.2) is 0 Å². The van der Waals surface area contributed by atoms with Gasteiger partial charge in [0.2, 0.25) is 0 Å². The van der Waals surface area contributed by atoms with Crippen LogP contribution in [0.5, 0.6) is 0 Å². The van der Waals surface area contributed by atoms with Gasteiger partial charge in [-0.2, -0.15) is 0 Å². The average molecular weight is 179 g/mol. The lowest BCUT2D eigenvalue weighted by atomic mass is 10.1. The molecule has 3 heteroatoms. The maximum absolute atomic E-state index is 11.0. The first-order valence-electron chi connectivity index (χ1n) is 3.85. The Morgan fingerprint density at radius 3 is 3.17 bits per heavy atom.